The lowest BCUT2D eigenvalue weighted by Crippen LogP contribution is -2.20. The van der Waals surface area contributed by atoms with Crippen LogP contribution < -0.4 is 10.1 Å². The Morgan fingerprint density at radius 3 is 2.82 bits per heavy atom. The quantitative estimate of drug-likeness (QED) is 0.672. The number of carbonyl (C=O) groups is 1. The van der Waals surface area contributed by atoms with Crippen molar-refractivity contribution in [2.75, 3.05) is 13.7 Å². The molecule has 0 atom stereocenters. The Morgan fingerprint density at radius 1 is 1.36 bits per heavy atom. The van der Waals surface area contributed by atoms with E-state index in [4.69, 9.17) is 16.3 Å². The lowest BCUT2D eigenvalue weighted by molar-refractivity contribution is -0.137. The lowest BCUT2D eigenvalue weighted by atomic mass is 10.2. The van der Waals surface area contributed by atoms with Gasteiger partial charge in [0.1, 0.15) is 11.6 Å². The number of likely N-dealkylation sites (N-methyl/N-ethyl adjacent to an activating group) is 1. The molecule has 1 N–H and O–H groups in total. The van der Waals surface area contributed by atoms with Gasteiger partial charge in [0.05, 0.1) is 29.7 Å². The van der Waals surface area contributed by atoms with Crippen molar-refractivity contribution in [1.29, 1.82) is 0 Å². The van der Waals surface area contributed by atoms with Crippen LogP contribution in [0.3, 0.4) is 0 Å². The second-order valence-electron chi connectivity index (χ2n) is 5.79. The molecule has 0 radical (unpaired) electrons. The Hall–Kier alpha value is -2.88. The van der Waals surface area contributed by atoms with E-state index >= 15 is 0 Å². The number of fused-ring (bicyclic) bond motifs is 1. The number of ether oxygens (including phenoxy) is 1. The van der Waals surface area contributed by atoms with Crippen molar-refractivity contribution in [2.24, 2.45) is 0 Å². The van der Waals surface area contributed by atoms with Gasteiger partial charge in [-0.15, -0.1) is 0 Å². The molecule has 3 aromatic heterocycles. The zero-order valence-electron chi connectivity index (χ0n) is 14.6. The number of carbonyl (C=O) groups excluding carboxylic acids is 1. The van der Waals surface area contributed by atoms with E-state index in [0.29, 0.717) is 24.0 Å². The summed E-state index contributed by atoms with van der Waals surface area (Å²) in [5, 5.41) is 7.42. The van der Waals surface area contributed by atoms with Crippen molar-refractivity contribution in [3.63, 3.8) is 0 Å². The van der Waals surface area contributed by atoms with Crippen molar-refractivity contribution in [2.45, 2.75) is 19.1 Å². The first kappa shape index (κ1) is 19.9. The summed E-state index contributed by atoms with van der Waals surface area (Å²) in [4.78, 5) is 19.4. The summed E-state index contributed by atoms with van der Waals surface area (Å²) >= 11 is 5.81. The van der Waals surface area contributed by atoms with E-state index in [1.165, 1.54) is 0 Å². The fourth-order valence-corrected chi connectivity index (χ4v) is 2.69. The predicted octanol–water partition coefficient (Wildman–Crippen LogP) is 2.87. The average molecular weight is 414 g/mol. The lowest BCUT2D eigenvalue weighted by Gasteiger charge is -2.10. The van der Waals surface area contributed by atoms with Gasteiger partial charge in [0.2, 0.25) is 11.8 Å². The molecule has 0 spiro atoms. The van der Waals surface area contributed by atoms with E-state index in [1.807, 2.05) is 0 Å². The number of rotatable bonds is 6. The molecule has 0 aliphatic heterocycles. The first-order valence-electron chi connectivity index (χ1n) is 8.15. The fraction of sp³-hybridized carbons (Fsp3) is 0.294. The number of nitrogens with zero attached hydrogens (tertiary/aromatic N) is 4. The fourth-order valence-electron chi connectivity index (χ4n) is 2.47. The molecule has 28 heavy (non-hydrogen) atoms. The Morgan fingerprint density at radius 2 is 2.14 bits per heavy atom. The molecule has 11 heteroatoms. The molecule has 3 aromatic rings. The summed E-state index contributed by atoms with van der Waals surface area (Å²) < 4.78 is 44.8. The summed E-state index contributed by atoms with van der Waals surface area (Å²) in [6.45, 7) is 0.386. The van der Waals surface area contributed by atoms with Crippen LogP contribution in [0.5, 0.6) is 5.88 Å². The van der Waals surface area contributed by atoms with Crippen LogP contribution >= 0.6 is 11.6 Å². The third-order valence-electron chi connectivity index (χ3n) is 3.86. The number of aromatic nitrogens is 4. The van der Waals surface area contributed by atoms with Gasteiger partial charge in [0, 0.05) is 31.0 Å². The molecule has 0 aliphatic carbocycles. The van der Waals surface area contributed by atoms with E-state index in [9.17, 15) is 18.0 Å². The first-order valence-corrected chi connectivity index (χ1v) is 8.53. The maximum absolute atomic E-state index is 12.6. The molecule has 0 aromatic carbocycles. The minimum Gasteiger partial charge on any atom is -0.475 e. The van der Waals surface area contributed by atoms with Gasteiger partial charge >= 0.3 is 6.18 Å². The SMILES string of the molecule is CNC(=O)Cc1nccc2nn(CCOc3ncc(C(F)(F)F)cc3Cl)cc12. The molecule has 1 amide bonds. The molecular weight excluding hydrogens is 399 g/mol. The smallest absolute Gasteiger partial charge is 0.417 e. The zero-order chi connectivity index (χ0) is 20.3. The summed E-state index contributed by atoms with van der Waals surface area (Å²) in [6, 6.07) is 2.48. The van der Waals surface area contributed by atoms with Gasteiger partial charge in [-0.25, -0.2) is 4.98 Å². The van der Waals surface area contributed by atoms with Crippen LogP contribution in [0, 0.1) is 0 Å². The topological polar surface area (TPSA) is 81.9 Å². The minimum absolute atomic E-state index is 0.0876. The van der Waals surface area contributed by atoms with Crippen molar-refractivity contribution >= 4 is 28.4 Å². The van der Waals surface area contributed by atoms with E-state index in [2.05, 4.69) is 20.4 Å². The Balaban J connectivity index is 1.68. The molecule has 0 bridgehead atoms. The number of pyridine rings is 2. The molecule has 0 aliphatic rings. The van der Waals surface area contributed by atoms with E-state index in [-0.39, 0.29) is 29.8 Å². The first-order chi connectivity index (χ1) is 13.3. The van der Waals surface area contributed by atoms with Gasteiger partial charge in [-0.2, -0.15) is 18.3 Å². The number of nitrogens with one attached hydrogen (secondary N) is 1. The van der Waals surface area contributed by atoms with Gasteiger partial charge in [-0.1, -0.05) is 11.6 Å². The van der Waals surface area contributed by atoms with Crippen molar-refractivity contribution < 1.29 is 22.7 Å². The van der Waals surface area contributed by atoms with Crippen LogP contribution in [0.2, 0.25) is 5.02 Å². The standard InChI is InChI=1S/C17H15ClF3N5O2/c1-22-15(27)7-14-11-9-26(25-13(11)2-3-23-14)4-5-28-16-12(18)6-10(8-24-16)17(19,20)21/h2-3,6,8-9H,4-5,7H2,1H3,(H,22,27). The van der Waals surface area contributed by atoms with Crippen LogP contribution in [0.1, 0.15) is 11.3 Å². The normalized spacial score (nSPS) is 11.6. The van der Waals surface area contributed by atoms with E-state index in [0.717, 1.165) is 11.5 Å². The van der Waals surface area contributed by atoms with Gasteiger partial charge in [0.15, 0.2) is 0 Å². The maximum atomic E-state index is 12.6. The second kappa shape index (κ2) is 8.01. The molecule has 3 rings (SSSR count). The molecule has 0 saturated heterocycles. The monoisotopic (exact) mass is 413 g/mol. The molecule has 3 heterocycles. The molecule has 7 nitrogen and oxygen atoms in total. The van der Waals surface area contributed by atoms with Crippen LogP contribution in [-0.4, -0.2) is 39.3 Å². The summed E-state index contributed by atoms with van der Waals surface area (Å²) in [5.74, 6) is -0.257. The number of alkyl halides is 3. The predicted molar refractivity (Wildman–Crippen MR) is 95.0 cm³/mol. The van der Waals surface area contributed by atoms with Crippen LogP contribution in [0.4, 0.5) is 13.2 Å². The van der Waals surface area contributed by atoms with Gasteiger partial charge in [0.25, 0.3) is 0 Å². The van der Waals surface area contributed by atoms with Gasteiger partial charge in [-0.3, -0.25) is 14.5 Å². The van der Waals surface area contributed by atoms with Crippen molar-refractivity contribution in [1.82, 2.24) is 25.1 Å². The van der Waals surface area contributed by atoms with Crippen molar-refractivity contribution in [3.05, 3.63) is 47.0 Å². The highest BCUT2D eigenvalue weighted by Crippen LogP contribution is 2.33. The molecular formula is C17H15ClF3N5O2. The van der Waals surface area contributed by atoms with Crippen LogP contribution in [0.25, 0.3) is 10.9 Å². The molecule has 148 valence electrons. The highest BCUT2D eigenvalue weighted by atomic mass is 35.5. The maximum Gasteiger partial charge on any atom is 0.417 e. The number of amides is 1. The molecule has 0 unspecified atom stereocenters. The zero-order valence-corrected chi connectivity index (χ0v) is 15.4. The van der Waals surface area contributed by atoms with E-state index < -0.39 is 11.7 Å². The van der Waals surface area contributed by atoms with E-state index in [1.54, 1.807) is 30.2 Å². The van der Waals surface area contributed by atoms with Crippen LogP contribution in [0.15, 0.2) is 30.7 Å². The largest absolute Gasteiger partial charge is 0.475 e. The number of hydrogen-bond donors (Lipinski definition) is 1. The summed E-state index contributed by atoms with van der Waals surface area (Å²) in [6.07, 6.45) is -0.432. The third-order valence-corrected chi connectivity index (χ3v) is 4.14. The molecule has 0 fully saturated rings. The summed E-state index contributed by atoms with van der Waals surface area (Å²) in [5.41, 5.74) is 0.315. The number of hydrogen-bond acceptors (Lipinski definition) is 5. The average Bonchev–Trinajstić information content (AvgIpc) is 3.06. The Kier molecular flexibility index (Phi) is 5.68. The Bertz CT molecular complexity index is 1010. The highest BCUT2D eigenvalue weighted by Gasteiger charge is 2.31. The van der Waals surface area contributed by atoms with Crippen molar-refractivity contribution in [3.8, 4) is 5.88 Å². The van der Waals surface area contributed by atoms with Crippen LogP contribution in [-0.2, 0) is 23.9 Å². The minimum atomic E-state index is -4.52. The second-order valence-corrected chi connectivity index (χ2v) is 6.20. The highest BCUT2D eigenvalue weighted by molar-refractivity contribution is 6.31. The number of halogens is 4. The van der Waals surface area contributed by atoms with Gasteiger partial charge < -0.3 is 10.1 Å². The Labute approximate surface area is 162 Å². The summed E-state index contributed by atoms with van der Waals surface area (Å²) in [7, 11) is 1.55. The third kappa shape index (κ3) is 4.50. The van der Waals surface area contributed by atoms with Gasteiger partial charge in [-0.05, 0) is 12.1 Å². The molecule has 0 saturated carbocycles.